The van der Waals surface area contributed by atoms with Gasteiger partial charge in [-0.15, -0.1) is 0 Å². The molecule has 2 N–H and O–H groups in total. The van der Waals surface area contributed by atoms with Crippen LogP contribution in [0.3, 0.4) is 0 Å². The Labute approximate surface area is 179 Å². The Hall–Kier alpha value is -3.45. The SMILES string of the molecule is CN=C(NCCc1nc(-c2cccc(Cl)c2)no1)NCc1ccnc2ccccc12. The minimum atomic E-state index is 0.527. The van der Waals surface area contributed by atoms with E-state index < -0.39 is 0 Å². The second-order valence-corrected chi connectivity index (χ2v) is 7.05. The predicted octanol–water partition coefficient (Wildman–Crippen LogP) is 3.85. The van der Waals surface area contributed by atoms with Crippen LogP contribution < -0.4 is 10.6 Å². The van der Waals surface area contributed by atoms with Crippen LogP contribution in [0.25, 0.3) is 22.3 Å². The number of hydrogen-bond acceptors (Lipinski definition) is 5. The van der Waals surface area contributed by atoms with E-state index >= 15 is 0 Å². The Kier molecular flexibility index (Phi) is 6.20. The molecule has 0 aliphatic carbocycles. The summed E-state index contributed by atoms with van der Waals surface area (Å²) in [6.45, 7) is 1.25. The number of aliphatic imine (C=N–C) groups is 1. The molecule has 0 amide bonds. The van der Waals surface area contributed by atoms with E-state index in [1.807, 2.05) is 54.7 Å². The standard InChI is InChI=1S/C22H21ClN6O/c1-24-22(27-14-16-9-11-25-19-8-3-2-7-18(16)19)26-12-10-20-28-21(29-30-20)15-5-4-6-17(23)13-15/h2-9,11,13H,10,12,14H2,1H3,(H2,24,26,27). The fourth-order valence-corrected chi connectivity index (χ4v) is 3.29. The fraction of sp³-hybridized carbons (Fsp3) is 0.182. The Balaban J connectivity index is 1.31. The molecule has 4 rings (SSSR count). The summed E-state index contributed by atoms with van der Waals surface area (Å²) in [5.41, 5.74) is 2.96. The molecule has 0 atom stereocenters. The van der Waals surface area contributed by atoms with Crippen LogP contribution >= 0.6 is 11.6 Å². The Morgan fingerprint density at radius 3 is 2.87 bits per heavy atom. The summed E-state index contributed by atoms with van der Waals surface area (Å²) in [5.74, 6) is 1.78. The van der Waals surface area contributed by atoms with Crippen molar-refractivity contribution >= 4 is 28.5 Å². The minimum Gasteiger partial charge on any atom is -0.356 e. The molecule has 0 unspecified atom stereocenters. The van der Waals surface area contributed by atoms with Crippen molar-refractivity contribution in [2.75, 3.05) is 13.6 Å². The molecule has 0 spiro atoms. The van der Waals surface area contributed by atoms with Gasteiger partial charge >= 0.3 is 0 Å². The van der Waals surface area contributed by atoms with E-state index in [-0.39, 0.29) is 0 Å². The number of pyridine rings is 1. The molecular formula is C22H21ClN6O. The van der Waals surface area contributed by atoms with Gasteiger partial charge in [0.1, 0.15) is 0 Å². The zero-order chi connectivity index (χ0) is 20.8. The number of nitrogens with zero attached hydrogens (tertiary/aromatic N) is 4. The summed E-state index contributed by atoms with van der Waals surface area (Å²) in [4.78, 5) is 13.1. The number of fused-ring (bicyclic) bond motifs is 1. The van der Waals surface area contributed by atoms with Gasteiger partial charge in [-0.1, -0.05) is 47.1 Å². The Morgan fingerprint density at radius 1 is 1.10 bits per heavy atom. The van der Waals surface area contributed by atoms with E-state index in [1.54, 1.807) is 7.05 Å². The van der Waals surface area contributed by atoms with Crippen LogP contribution in [0.2, 0.25) is 5.02 Å². The van der Waals surface area contributed by atoms with E-state index in [4.69, 9.17) is 16.1 Å². The molecule has 0 aliphatic heterocycles. The van der Waals surface area contributed by atoms with E-state index in [1.165, 1.54) is 0 Å². The number of aromatic nitrogens is 3. The first-order valence-corrected chi connectivity index (χ1v) is 9.96. The minimum absolute atomic E-state index is 0.527. The van der Waals surface area contributed by atoms with Crippen molar-refractivity contribution in [3.63, 3.8) is 0 Å². The van der Waals surface area contributed by atoms with Gasteiger partial charge < -0.3 is 15.2 Å². The van der Waals surface area contributed by atoms with Crippen molar-refractivity contribution in [2.45, 2.75) is 13.0 Å². The summed E-state index contributed by atoms with van der Waals surface area (Å²) in [5, 5.41) is 12.4. The van der Waals surface area contributed by atoms with Gasteiger partial charge in [-0.25, -0.2) is 0 Å². The first-order valence-electron chi connectivity index (χ1n) is 9.58. The Morgan fingerprint density at radius 2 is 2.00 bits per heavy atom. The van der Waals surface area contributed by atoms with E-state index in [0.29, 0.717) is 42.2 Å². The van der Waals surface area contributed by atoms with E-state index in [0.717, 1.165) is 22.0 Å². The lowest BCUT2D eigenvalue weighted by atomic mass is 10.1. The largest absolute Gasteiger partial charge is 0.356 e. The molecule has 152 valence electrons. The van der Waals surface area contributed by atoms with Crippen LogP contribution in [-0.4, -0.2) is 34.7 Å². The summed E-state index contributed by atoms with van der Waals surface area (Å²) in [6.07, 6.45) is 2.40. The second kappa shape index (κ2) is 9.37. The summed E-state index contributed by atoms with van der Waals surface area (Å²) in [6, 6.07) is 17.5. The van der Waals surface area contributed by atoms with E-state index in [9.17, 15) is 0 Å². The highest BCUT2D eigenvalue weighted by atomic mass is 35.5. The third kappa shape index (κ3) is 4.75. The average molecular weight is 421 g/mol. The van der Waals surface area contributed by atoms with Crippen LogP contribution in [0.15, 0.2) is 70.3 Å². The zero-order valence-electron chi connectivity index (χ0n) is 16.5. The van der Waals surface area contributed by atoms with Crippen LogP contribution in [0.4, 0.5) is 0 Å². The molecule has 2 heterocycles. The monoisotopic (exact) mass is 420 g/mol. The Bertz CT molecular complexity index is 1170. The van der Waals surface area contributed by atoms with Gasteiger partial charge in [-0.2, -0.15) is 4.98 Å². The quantitative estimate of drug-likeness (QED) is 0.364. The fourth-order valence-electron chi connectivity index (χ4n) is 3.10. The molecule has 30 heavy (non-hydrogen) atoms. The van der Waals surface area contributed by atoms with Gasteiger partial charge in [0.15, 0.2) is 5.96 Å². The van der Waals surface area contributed by atoms with Gasteiger partial charge in [-0.05, 0) is 29.8 Å². The lowest BCUT2D eigenvalue weighted by Gasteiger charge is -2.12. The number of halogens is 1. The van der Waals surface area contributed by atoms with Gasteiger partial charge in [0, 0.05) is 48.7 Å². The van der Waals surface area contributed by atoms with Crippen LogP contribution in [0, 0.1) is 0 Å². The molecule has 0 saturated carbocycles. The number of para-hydroxylation sites is 1. The highest BCUT2D eigenvalue weighted by Crippen LogP contribution is 2.20. The lowest BCUT2D eigenvalue weighted by molar-refractivity contribution is 0.378. The van der Waals surface area contributed by atoms with Crippen molar-refractivity contribution in [1.29, 1.82) is 0 Å². The maximum atomic E-state index is 6.02. The van der Waals surface area contributed by atoms with Crippen molar-refractivity contribution in [3.05, 3.63) is 77.3 Å². The zero-order valence-corrected chi connectivity index (χ0v) is 17.2. The third-order valence-corrected chi connectivity index (χ3v) is 4.83. The highest BCUT2D eigenvalue weighted by molar-refractivity contribution is 6.30. The predicted molar refractivity (Wildman–Crippen MR) is 118 cm³/mol. The molecule has 0 saturated heterocycles. The molecule has 7 nitrogen and oxygen atoms in total. The van der Waals surface area contributed by atoms with Gasteiger partial charge in [-0.3, -0.25) is 9.98 Å². The topological polar surface area (TPSA) is 88.2 Å². The maximum absolute atomic E-state index is 6.02. The molecule has 2 aromatic heterocycles. The summed E-state index contributed by atoms with van der Waals surface area (Å²) >= 11 is 6.02. The molecular weight excluding hydrogens is 400 g/mol. The number of rotatable bonds is 6. The van der Waals surface area contributed by atoms with Crippen LogP contribution in [-0.2, 0) is 13.0 Å². The first-order chi connectivity index (χ1) is 14.7. The third-order valence-electron chi connectivity index (χ3n) is 4.59. The van der Waals surface area contributed by atoms with Crippen molar-refractivity contribution < 1.29 is 4.52 Å². The smallest absolute Gasteiger partial charge is 0.228 e. The number of nitrogens with one attached hydrogen (secondary N) is 2. The van der Waals surface area contributed by atoms with Gasteiger partial charge in [0.25, 0.3) is 0 Å². The molecule has 2 aromatic carbocycles. The molecule has 0 radical (unpaired) electrons. The number of hydrogen-bond donors (Lipinski definition) is 2. The molecule has 0 aliphatic rings. The average Bonchev–Trinajstić information content (AvgIpc) is 3.25. The van der Waals surface area contributed by atoms with Gasteiger partial charge in [0.05, 0.1) is 5.52 Å². The van der Waals surface area contributed by atoms with Crippen molar-refractivity contribution in [2.24, 2.45) is 4.99 Å². The molecule has 8 heteroatoms. The summed E-state index contributed by atoms with van der Waals surface area (Å²) < 4.78 is 5.34. The van der Waals surface area contributed by atoms with Crippen LogP contribution in [0.1, 0.15) is 11.5 Å². The summed E-state index contributed by atoms with van der Waals surface area (Å²) in [7, 11) is 1.74. The number of guanidine groups is 1. The maximum Gasteiger partial charge on any atom is 0.228 e. The normalized spacial score (nSPS) is 11.6. The first kappa shape index (κ1) is 19.8. The van der Waals surface area contributed by atoms with Crippen molar-refractivity contribution in [3.8, 4) is 11.4 Å². The number of benzene rings is 2. The van der Waals surface area contributed by atoms with E-state index in [2.05, 4.69) is 36.8 Å². The molecule has 0 bridgehead atoms. The molecule has 4 aromatic rings. The molecule has 0 fully saturated rings. The van der Waals surface area contributed by atoms with Crippen LogP contribution in [0.5, 0.6) is 0 Å². The van der Waals surface area contributed by atoms with Crippen molar-refractivity contribution in [1.82, 2.24) is 25.8 Å². The second-order valence-electron chi connectivity index (χ2n) is 6.61. The highest BCUT2D eigenvalue weighted by Gasteiger charge is 2.09. The lowest BCUT2D eigenvalue weighted by Crippen LogP contribution is -2.37. The van der Waals surface area contributed by atoms with Gasteiger partial charge in [0.2, 0.25) is 11.7 Å².